The third-order valence-corrected chi connectivity index (χ3v) is 8.39. The van der Waals surface area contributed by atoms with Crippen LogP contribution in [0.15, 0.2) is 48.8 Å². The zero-order valence-corrected chi connectivity index (χ0v) is 27.2. The molecule has 12 heteroatoms. The van der Waals surface area contributed by atoms with Crippen molar-refractivity contribution in [1.82, 2.24) is 4.98 Å². The number of benzene rings is 2. The Morgan fingerprint density at radius 2 is 1.57 bits per heavy atom. The number of nitrogens with zero attached hydrogens (tertiary/aromatic N) is 1. The van der Waals surface area contributed by atoms with Crippen molar-refractivity contribution < 1.29 is 32.2 Å². The molecule has 1 N–H and O–H groups in total. The van der Waals surface area contributed by atoms with Crippen LogP contribution in [0.3, 0.4) is 0 Å². The van der Waals surface area contributed by atoms with Crippen molar-refractivity contribution in [2.24, 2.45) is 11.8 Å². The minimum Gasteiger partial charge on any atom is -0.491 e. The molecule has 1 atom stereocenters. The van der Waals surface area contributed by atoms with Crippen molar-refractivity contribution in [3.63, 3.8) is 0 Å². The van der Waals surface area contributed by atoms with Gasteiger partial charge in [-0.2, -0.15) is 0 Å². The van der Waals surface area contributed by atoms with Crippen molar-refractivity contribution in [1.29, 1.82) is 0 Å². The van der Waals surface area contributed by atoms with Gasteiger partial charge in [-0.3, -0.25) is 9.71 Å². The molecule has 1 unspecified atom stereocenters. The molecule has 5 rings (SSSR count). The van der Waals surface area contributed by atoms with Gasteiger partial charge in [-0.25, -0.2) is 13.2 Å². The Bertz CT molecular complexity index is 1590. The van der Waals surface area contributed by atoms with Gasteiger partial charge in [-0.15, -0.1) is 0 Å². The van der Waals surface area contributed by atoms with E-state index in [9.17, 15) is 13.2 Å². The van der Waals surface area contributed by atoms with Crippen LogP contribution >= 0.6 is 23.2 Å². The maximum absolute atomic E-state index is 13.7. The zero-order chi connectivity index (χ0) is 31.4. The molecule has 0 saturated heterocycles. The van der Waals surface area contributed by atoms with E-state index in [0.29, 0.717) is 57.7 Å². The normalized spacial score (nSPS) is 15.5. The van der Waals surface area contributed by atoms with Crippen LogP contribution in [-0.4, -0.2) is 44.9 Å². The Labute approximate surface area is 268 Å². The molecular weight excluding hydrogens is 627 g/mol. The molecule has 2 saturated carbocycles. The van der Waals surface area contributed by atoms with E-state index >= 15 is 0 Å². The summed E-state index contributed by atoms with van der Waals surface area (Å²) in [6, 6.07) is 9.94. The van der Waals surface area contributed by atoms with Crippen molar-refractivity contribution in [3.8, 4) is 17.2 Å². The number of carbonyl (C=O) groups is 1. The molecule has 44 heavy (non-hydrogen) atoms. The van der Waals surface area contributed by atoms with E-state index in [4.69, 9.17) is 42.1 Å². The highest BCUT2D eigenvalue weighted by Crippen LogP contribution is 2.38. The highest BCUT2D eigenvalue weighted by atomic mass is 35.5. The molecule has 1 aromatic heterocycles. The first-order valence-electron chi connectivity index (χ1n) is 14.6. The lowest BCUT2D eigenvalue weighted by molar-refractivity contribution is 0.0296. The molecule has 2 fully saturated rings. The highest BCUT2D eigenvalue weighted by molar-refractivity contribution is 7.92. The quantitative estimate of drug-likeness (QED) is 0.169. The Morgan fingerprint density at radius 3 is 2.16 bits per heavy atom. The number of esters is 1. The minimum atomic E-state index is -3.57. The fraction of sp³-hybridized carbons (Fsp3) is 0.438. The number of aromatic nitrogens is 1. The highest BCUT2D eigenvalue weighted by Gasteiger charge is 2.27. The van der Waals surface area contributed by atoms with Gasteiger partial charge >= 0.3 is 5.97 Å². The standard InChI is InChI=1S/C32H36Cl2N2O7S/c1-19(2)42-28-11-9-22(12-31(28)41-18-21-6-7-21)29(14-24-25(33)15-35-16-26(24)34)43-32(37)23-8-10-27(36-44(3,38)39)30(13-23)40-17-20-4-5-20/h8-13,15-16,19-21,29,36H,4-7,14,17-18H2,1-3H3. The SMILES string of the molecule is CC(C)Oc1ccc(C(Cc2c(Cl)cncc2Cl)OC(=O)c2ccc(NS(C)(=O)=O)c(OCC3CC3)c2)cc1OCC1CC1. The molecule has 0 aliphatic heterocycles. The summed E-state index contributed by atoms with van der Waals surface area (Å²) < 4.78 is 50.5. The van der Waals surface area contributed by atoms with Crippen LogP contribution in [0.4, 0.5) is 5.69 Å². The lowest BCUT2D eigenvalue weighted by Gasteiger charge is -2.22. The van der Waals surface area contributed by atoms with E-state index < -0.39 is 22.1 Å². The van der Waals surface area contributed by atoms with Gasteiger partial charge in [0.05, 0.1) is 46.9 Å². The fourth-order valence-corrected chi connectivity index (χ4v) is 5.56. The number of anilines is 1. The average molecular weight is 664 g/mol. The molecule has 236 valence electrons. The van der Waals surface area contributed by atoms with Crippen LogP contribution in [0, 0.1) is 11.8 Å². The van der Waals surface area contributed by atoms with Gasteiger partial charge < -0.3 is 18.9 Å². The van der Waals surface area contributed by atoms with Crippen molar-refractivity contribution >= 4 is 44.9 Å². The smallest absolute Gasteiger partial charge is 0.338 e. The number of hydrogen-bond acceptors (Lipinski definition) is 8. The summed E-state index contributed by atoms with van der Waals surface area (Å²) in [6.07, 6.45) is 7.66. The second-order valence-electron chi connectivity index (χ2n) is 11.6. The second-order valence-corrected chi connectivity index (χ2v) is 14.2. The molecule has 1 heterocycles. The van der Waals surface area contributed by atoms with Gasteiger partial charge in [0.1, 0.15) is 11.9 Å². The number of nitrogens with one attached hydrogen (secondary N) is 1. The van der Waals surface area contributed by atoms with E-state index in [0.717, 1.165) is 31.9 Å². The molecule has 2 aliphatic rings. The van der Waals surface area contributed by atoms with Gasteiger partial charge in [-0.05, 0) is 92.8 Å². The Hall–Kier alpha value is -3.21. The van der Waals surface area contributed by atoms with E-state index in [-0.39, 0.29) is 29.5 Å². The summed E-state index contributed by atoms with van der Waals surface area (Å²) in [4.78, 5) is 17.7. The topological polar surface area (TPSA) is 113 Å². The Morgan fingerprint density at radius 1 is 0.932 bits per heavy atom. The number of sulfonamides is 1. The molecule has 9 nitrogen and oxygen atoms in total. The van der Waals surface area contributed by atoms with Crippen LogP contribution < -0.4 is 18.9 Å². The molecule has 0 radical (unpaired) electrons. The number of rotatable bonds is 15. The van der Waals surface area contributed by atoms with E-state index in [2.05, 4.69) is 9.71 Å². The number of carbonyl (C=O) groups excluding carboxylic acids is 1. The second kappa shape index (κ2) is 13.8. The van der Waals surface area contributed by atoms with Gasteiger partial charge in [-0.1, -0.05) is 29.3 Å². The number of halogens is 2. The van der Waals surface area contributed by atoms with Crippen LogP contribution in [0.2, 0.25) is 10.0 Å². The van der Waals surface area contributed by atoms with Crippen molar-refractivity contribution in [3.05, 3.63) is 75.5 Å². The third-order valence-electron chi connectivity index (χ3n) is 7.15. The molecule has 0 bridgehead atoms. The summed E-state index contributed by atoms with van der Waals surface area (Å²) in [5.74, 6) is 1.70. The molecule has 2 aliphatic carbocycles. The van der Waals surface area contributed by atoms with Crippen LogP contribution in [-0.2, 0) is 21.2 Å². The summed E-state index contributed by atoms with van der Waals surface area (Å²) in [7, 11) is -3.57. The van der Waals surface area contributed by atoms with Crippen molar-refractivity contribution in [2.45, 2.75) is 58.2 Å². The summed E-state index contributed by atoms with van der Waals surface area (Å²) in [6.45, 7) is 4.88. The van der Waals surface area contributed by atoms with E-state index in [1.165, 1.54) is 30.6 Å². The Balaban J connectivity index is 1.46. The number of ether oxygens (including phenoxy) is 4. The minimum absolute atomic E-state index is 0.0660. The fourth-order valence-electron chi connectivity index (χ4n) is 4.47. The van der Waals surface area contributed by atoms with Gasteiger partial charge in [0.25, 0.3) is 0 Å². The van der Waals surface area contributed by atoms with Crippen molar-refractivity contribution in [2.75, 3.05) is 24.2 Å². The molecule has 3 aromatic rings. The van der Waals surface area contributed by atoms with Gasteiger partial charge in [0.15, 0.2) is 11.5 Å². The maximum atomic E-state index is 13.7. The first-order chi connectivity index (χ1) is 20.9. The largest absolute Gasteiger partial charge is 0.491 e. The zero-order valence-electron chi connectivity index (χ0n) is 24.8. The summed E-state index contributed by atoms with van der Waals surface area (Å²) >= 11 is 12.9. The molecule has 0 spiro atoms. The number of hydrogen-bond donors (Lipinski definition) is 1. The monoisotopic (exact) mass is 662 g/mol. The predicted molar refractivity (Wildman–Crippen MR) is 170 cm³/mol. The average Bonchev–Trinajstić information content (AvgIpc) is 3.88. The van der Waals surface area contributed by atoms with Crippen LogP contribution in [0.5, 0.6) is 17.2 Å². The molecule has 0 amide bonds. The van der Waals surface area contributed by atoms with Crippen LogP contribution in [0.1, 0.15) is 67.1 Å². The summed E-state index contributed by atoms with van der Waals surface area (Å²) in [5, 5.41) is 0.686. The van der Waals surface area contributed by atoms with E-state index in [1.54, 1.807) is 0 Å². The maximum Gasteiger partial charge on any atom is 0.338 e. The third kappa shape index (κ3) is 9.15. The van der Waals surface area contributed by atoms with E-state index in [1.807, 2.05) is 32.0 Å². The lowest BCUT2D eigenvalue weighted by atomic mass is 10.0. The van der Waals surface area contributed by atoms with Gasteiger partial charge in [0, 0.05) is 18.8 Å². The number of pyridine rings is 1. The lowest BCUT2D eigenvalue weighted by Crippen LogP contribution is -2.16. The molecular formula is C32H36Cl2N2O7S. The Kier molecular flexibility index (Phi) is 10.1. The van der Waals surface area contributed by atoms with Gasteiger partial charge in [0.2, 0.25) is 10.0 Å². The summed E-state index contributed by atoms with van der Waals surface area (Å²) in [5.41, 5.74) is 1.67. The predicted octanol–water partition coefficient (Wildman–Crippen LogP) is 7.27. The van der Waals surface area contributed by atoms with Crippen LogP contribution in [0.25, 0.3) is 0 Å². The first kappa shape index (κ1) is 32.2. The molecule has 2 aromatic carbocycles. The first-order valence-corrected chi connectivity index (χ1v) is 17.3.